The van der Waals surface area contributed by atoms with Gasteiger partial charge in [-0.3, -0.25) is 0 Å². The first-order chi connectivity index (χ1) is 9.70. The lowest BCUT2D eigenvalue weighted by molar-refractivity contribution is 0.194. The zero-order chi connectivity index (χ0) is 16.4. The summed E-state index contributed by atoms with van der Waals surface area (Å²) in [5, 5.41) is 0. The molecule has 1 fully saturated rings. The molecular formula is C14H44Al6O5. The Labute approximate surface area is 188 Å². The first kappa shape index (κ1) is 38.6. The van der Waals surface area contributed by atoms with Crippen molar-refractivity contribution in [2.75, 3.05) is 10.9 Å². The molecule has 0 bridgehead atoms. The summed E-state index contributed by atoms with van der Waals surface area (Å²) in [6, 6.07) is 0. The van der Waals surface area contributed by atoms with Gasteiger partial charge in [0.2, 0.25) is 0 Å². The molecule has 5 nitrogen and oxygen atoms in total. The Morgan fingerprint density at radius 3 is 1.28 bits per heavy atom. The summed E-state index contributed by atoms with van der Waals surface area (Å²) in [4.78, 5) is 0. The molecule has 1 saturated heterocycles. The van der Waals surface area contributed by atoms with E-state index in [0.29, 0.717) is 0 Å². The van der Waals surface area contributed by atoms with Crippen LogP contribution in [0.3, 0.4) is 0 Å². The van der Waals surface area contributed by atoms with Gasteiger partial charge in [-0.05, 0) is 0 Å². The van der Waals surface area contributed by atoms with Gasteiger partial charge in [-0.2, -0.15) is 0 Å². The Balaban J connectivity index is -0.0000000924. The maximum absolute atomic E-state index is 5.73. The molecule has 11 heteroatoms. The third-order valence-electron chi connectivity index (χ3n) is 2.48. The van der Waals surface area contributed by atoms with Crippen molar-refractivity contribution >= 4 is 87.6 Å². The smallest absolute Gasteiger partial charge is 0.609 e. The van der Waals surface area contributed by atoms with Crippen molar-refractivity contribution in [3.8, 4) is 0 Å². The highest BCUT2D eigenvalue weighted by molar-refractivity contribution is 6.68. The average molecular weight is 454 g/mol. The highest BCUT2D eigenvalue weighted by Gasteiger charge is 2.30. The van der Waals surface area contributed by atoms with Gasteiger partial charge in [0.05, 0.1) is 0 Å². The predicted molar refractivity (Wildman–Crippen MR) is 124 cm³/mol. The maximum Gasteiger partial charge on any atom is 0.609 e. The first-order valence-corrected chi connectivity index (χ1v) is 22.5. The molecule has 1 heterocycles. The van der Waals surface area contributed by atoms with Crippen LogP contribution in [0.25, 0.3) is 0 Å². The SMILES string of the molecule is C.C.C.C.[CH3][Al]([CH3])[O][Al]([CH3])[O][Al]([CH3])[CH3].[CH3][Al]1[CH2]O[CH2][Al]([CH3])[O][Al]([CH3])[O]1. The van der Waals surface area contributed by atoms with E-state index in [4.69, 9.17) is 16.1 Å². The maximum atomic E-state index is 5.73. The van der Waals surface area contributed by atoms with Crippen molar-refractivity contribution in [3.05, 3.63) is 0 Å². The van der Waals surface area contributed by atoms with E-state index in [9.17, 15) is 0 Å². The van der Waals surface area contributed by atoms with Crippen molar-refractivity contribution in [1.29, 1.82) is 0 Å². The summed E-state index contributed by atoms with van der Waals surface area (Å²) >= 11 is -6.13. The Morgan fingerprint density at radius 1 is 0.680 bits per heavy atom. The summed E-state index contributed by atoms with van der Waals surface area (Å²) in [5.74, 6) is 17.3. The Bertz CT molecular complexity index is 242. The minimum atomic E-state index is -1.24. The number of hydrogen-bond acceptors (Lipinski definition) is 5. The van der Waals surface area contributed by atoms with Gasteiger partial charge in [0, 0.05) is 10.9 Å². The van der Waals surface area contributed by atoms with E-state index in [1.165, 1.54) is 0 Å². The standard InChI is InChI=1S/C2H4O.4CH4.8CH3.6Al.4O/c1-3-2;;;;;;;;;;;;;;;;;;;;;;/h1-2H2;4*1H4;8*1H3;;;;;;;;;;. The summed E-state index contributed by atoms with van der Waals surface area (Å²) in [6.45, 7) is 0. The summed E-state index contributed by atoms with van der Waals surface area (Å²) in [7, 11) is 0. The largest absolute Gasteiger partial charge is 0.616 e. The predicted octanol–water partition coefficient (Wildman–Crippen LogP) is 4.67. The molecule has 1 rings (SSSR count). The van der Waals surface area contributed by atoms with Gasteiger partial charge in [-0.25, -0.2) is 0 Å². The number of rotatable bonds is 4. The zero-order valence-corrected chi connectivity index (χ0v) is 21.8. The highest BCUT2D eigenvalue weighted by atomic mass is 27.3. The van der Waals surface area contributed by atoms with E-state index in [1.807, 2.05) is 0 Å². The van der Waals surface area contributed by atoms with Gasteiger partial charge in [0.1, 0.15) is 0 Å². The third kappa shape index (κ3) is 27.0. The fraction of sp³-hybridized carbons (Fsp3) is 1.00. The van der Waals surface area contributed by atoms with Gasteiger partial charge in [-0.1, -0.05) is 76.0 Å². The van der Waals surface area contributed by atoms with Gasteiger partial charge in [-0.15, -0.1) is 0 Å². The minimum absolute atomic E-state index is 0. The van der Waals surface area contributed by atoms with E-state index in [-0.39, 0.29) is 29.7 Å². The molecule has 0 aromatic rings. The quantitative estimate of drug-likeness (QED) is 0.578. The van der Waals surface area contributed by atoms with E-state index in [1.54, 1.807) is 0 Å². The number of ether oxygens (including phenoxy) is 1. The fourth-order valence-corrected chi connectivity index (χ4v) is 16.8. The molecule has 0 atom stereocenters. The van der Waals surface area contributed by atoms with Crippen LogP contribution in [0.15, 0.2) is 0 Å². The van der Waals surface area contributed by atoms with Crippen LogP contribution in [-0.2, 0) is 16.1 Å². The second-order valence-corrected chi connectivity index (χ2v) is 20.7. The third-order valence-corrected chi connectivity index (χ3v) is 18.1. The van der Waals surface area contributed by atoms with Gasteiger partial charge < -0.3 is 16.1 Å². The molecule has 1 aliphatic rings. The zero-order valence-electron chi connectivity index (χ0n) is 14.9. The van der Waals surface area contributed by atoms with E-state index < -0.39 is 87.6 Å². The summed E-state index contributed by atoms with van der Waals surface area (Å²) in [5.41, 5.74) is 1.75. The molecular weight excluding hydrogens is 410 g/mol. The van der Waals surface area contributed by atoms with Crippen LogP contribution < -0.4 is 0 Å². The van der Waals surface area contributed by atoms with E-state index in [0.717, 1.165) is 10.9 Å². The molecule has 0 aromatic heterocycles. The lowest BCUT2D eigenvalue weighted by Crippen LogP contribution is -2.40. The second kappa shape index (κ2) is 23.3. The number of hydrogen-bond donors (Lipinski definition) is 0. The molecule has 0 unspecified atom stereocenters. The van der Waals surface area contributed by atoms with Crippen molar-refractivity contribution in [2.45, 2.75) is 76.0 Å². The van der Waals surface area contributed by atoms with Crippen molar-refractivity contribution in [2.24, 2.45) is 0 Å². The molecule has 0 aliphatic carbocycles. The van der Waals surface area contributed by atoms with Gasteiger partial charge >= 0.3 is 87.6 Å². The van der Waals surface area contributed by atoms with Gasteiger partial charge in [0.25, 0.3) is 0 Å². The lowest BCUT2D eigenvalue weighted by Gasteiger charge is -2.21. The highest BCUT2D eigenvalue weighted by Crippen LogP contribution is 2.01. The molecule has 25 heavy (non-hydrogen) atoms. The van der Waals surface area contributed by atoms with Gasteiger partial charge in [0.15, 0.2) is 0 Å². The molecule has 148 valence electrons. The van der Waals surface area contributed by atoms with Crippen LogP contribution in [0, 0.1) is 0 Å². The average Bonchev–Trinajstić information content (AvgIpc) is 2.24. The van der Waals surface area contributed by atoms with E-state index in [2.05, 4.69) is 46.3 Å². The molecule has 0 spiro atoms. The molecule has 0 N–H and O–H groups in total. The molecule has 0 amide bonds. The van der Waals surface area contributed by atoms with Crippen LogP contribution in [-0.4, -0.2) is 98.5 Å². The molecule has 1 aliphatic heterocycles. The summed E-state index contributed by atoms with van der Waals surface area (Å²) < 4.78 is 28.2. The first-order valence-electron chi connectivity index (χ1n) is 7.90. The summed E-state index contributed by atoms with van der Waals surface area (Å²) in [6.07, 6.45) is 0. The van der Waals surface area contributed by atoms with Crippen molar-refractivity contribution in [1.82, 2.24) is 0 Å². The topological polar surface area (TPSA) is 46.2 Å². The Hall–Kier alpha value is 2.99. The Kier molecular flexibility index (Phi) is 35.9. The molecule has 0 radical (unpaired) electrons. The molecule has 0 saturated carbocycles. The Morgan fingerprint density at radius 2 is 1.00 bits per heavy atom. The molecule has 0 aromatic carbocycles. The normalized spacial score (nSPS) is 13.2. The van der Waals surface area contributed by atoms with Crippen molar-refractivity contribution in [3.63, 3.8) is 0 Å². The van der Waals surface area contributed by atoms with Crippen LogP contribution in [0.4, 0.5) is 0 Å². The fourth-order valence-electron chi connectivity index (χ4n) is 1.96. The van der Waals surface area contributed by atoms with Crippen LogP contribution in [0.2, 0.25) is 46.3 Å². The van der Waals surface area contributed by atoms with Crippen LogP contribution in [0.5, 0.6) is 0 Å². The van der Waals surface area contributed by atoms with Crippen LogP contribution in [0.1, 0.15) is 29.7 Å². The van der Waals surface area contributed by atoms with E-state index >= 15 is 0 Å². The van der Waals surface area contributed by atoms with Crippen molar-refractivity contribution < 1.29 is 16.1 Å². The second-order valence-electron chi connectivity index (χ2n) is 5.94. The monoisotopic (exact) mass is 454 g/mol. The van der Waals surface area contributed by atoms with Crippen LogP contribution >= 0.6 is 0 Å². The lowest BCUT2D eigenvalue weighted by atomic mass is 11.5. The minimum Gasteiger partial charge on any atom is -0.616 e.